The highest BCUT2D eigenvalue weighted by Gasteiger charge is 2.34. The van der Waals surface area contributed by atoms with Crippen LogP contribution in [0.3, 0.4) is 0 Å². The summed E-state index contributed by atoms with van der Waals surface area (Å²) >= 11 is 0. The molecule has 206 valence electrons. The summed E-state index contributed by atoms with van der Waals surface area (Å²) in [5, 5.41) is 3.05. The topological polar surface area (TPSA) is 66.8 Å². The van der Waals surface area contributed by atoms with Gasteiger partial charge in [-0.1, -0.05) is 48.5 Å². The SMILES string of the molecule is Cc1cccc(C)c1NC(=O)N(CC(=O)N1CCn2cccc2C1c1cccc(Oc2ccccc2)c1)C(C)C. The molecule has 5 rings (SSSR count). The summed E-state index contributed by atoms with van der Waals surface area (Å²) < 4.78 is 8.29. The van der Waals surface area contributed by atoms with Crippen LogP contribution < -0.4 is 10.1 Å². The zero-order valence-corrected chi connectivity index (χ0v) is 23.5. The van der Waals surface area contributed by atoms with Gasteiger partial charge in [0.1, 0.15) is 18.0 Å². The van der Waals surface area contributed by atoms with E-state index in [1.165, 1.54) is 0 Å². The van der Waals surface area contributed by atoms with Gasteiger partial charge in [-0.15, -0.1) is 0 Å². The molecular formula is C33H36N4O3. The lowest BCUT2D eigenvalue weighted by Crippen LogP contribution is -2.50. The maximum Gasteiger partial charge on any atom is 0.322 e. The summed E-state index contributed by atoms with van der Waals surface area (Å²) in [7, 11) is 0. The fourth-order valence-corrected chi connectivity index (χ4v) is 5.29. The van der Waals surface area contributed by atoms with Crippen LogP contribution in [0, 0.1) is 13.8 Å². The molecule has 1 N–H and O–H groups in total. The predicted molar refractivity (Wildman–Crippen MR) is 158 cm³/mol. The van der Waals surface area contributed by atoms with Crippen LogP contribution in [0.1, 0.15) is 42.3 Å². The van der Waals surface area contributed by atoms with Gasteiger partial charge in [0.2, 0.25) is 5.91 Å². The Hall–Kier alpha value is -4.52. The van der Waals surface area contributed by atoms with Crippen molar-refractivity contribution in [1.29, 1.82) is 0 Å². The number of amides is 3. The van der Waals surface area contributed by atoms with Gasteiger partial charge in [-0.25, -0.2) is 4.79 Å². The smallest absolute Gasteiger partial charge is 0.322 e. The number of hydrogen-bond donors (Lipinski definition) is 1. The number of anilines is 1. The molecule has 0 saturated heterocycles. The molecule has 1 unspecified atom stereocenters. The van der Waals surface area contributed by atoms with Crippen molar-refractivity contribution in [1.82, 2.24) is 14.4 Å². The second-order valence-corrected chi connectivity index (χ2v) is 10.5. The zero-order chi connectivity index (χ0) is 28.2. The lowest BCUT2D eigenvalue weighted by atomic mass is 9.99. The average Bonchev–Trinajstić information content (AvgIpc) is 3.42. The number of nitrogens with one attached hydrogen (secondary N) is 1. The van der Waals surface area contributed by atoms with Gasteiger partial charge in [0.05, 0.1) is 6.04 Å². The summed E-state index contributed by atoms with van der Waals surface area (Å²) in [6, 6.07) is 26.8. The van der Waals surface area contributed by atoms with Crippen LogP contribution in [0.4, 0.5) is 10.5 Å². The third-order valence-electron chi connectivity index (χ3n) is 7.41. The highest BCUT2D eigenvalue weighted by Crippen LogP contribution is 2.35. The van der Waals surface area contributed by atoms with Crippen molar-refractivity contribution in [3.8, 4) is 11.5 Å². The van der Waals surface area contributed by atoms with Crippen LogP contribution in [0.25, 0.3) is 0 Å². The van der Waals surface area contributed by atoms with Crippen LogP contribution in [0.2, 0.25) is 0 Å². The molecule has 0 bridgehead atoms. The highest BCUT2D eigenvalue weighted by atomic mass is 16.5. The van der Waals surface area contributed by atoms with Crippen molar-refractivity contribution in [2.45, 2.75) is 46.3 Å². The lowest BCUT2D eigenvalue weighted by Gasteiger charge is -2.39. The minimum Gasteiger partial charge on any atom is -0.457 e. The van der Waals surface area contributed by atoms with E-state index in [4.69, 9.17) is 4.74 Å². The zero-order valence-electron chi connectivity index (χ0n) is 23.5. The Morgan fingerprint density at radius 3 is 2.33 bits per heavy atom. The van der Waals surface area contributed by atoms with Crippen molar-refractivity contribution >= 4 is 17.6 Å². The van der Waals surface area contributed by atoms with Crippen LogP contribution >= 0.6 is 0 Å². The van der Waals surface area contributed by atoms with Gasteiger partial charge in [0.25, 0.3) is 0 Å². The molecule has 0 fully saturated rings. The Labute approximate surface area is 236 Å². The molecule has 4 aromatic rings. The van der Waals surface area contributed by atoms with E-state index in [1.807, 2.05) is 118 Å². The summed E-state index contributed by atoms with van der Waals surface area (Å²) in [4.78, 5) is 30.9. The number of carbonyl (C=O) groups excluding carboxylic acids is 2. The number of aromatic nitrogens is 1. The van der Waals surface area contributed by atoms with E-state index in [2.05, 4.69) is 16.0 Å². The first-order chi connectivity index (χ1) is 19.3. The molecule has 40 heavy (non-hydrogen) atoms. The molecule has 0 saturated carbocycles. The van der Waals surface area contributed by atoms with E-state index in [1.54, 1.807) is 4.90 Å². The van der Waals surface area contributed by atoms with Gasteiger partial charge in [-0.05, 0) is 80.8 Å². The number of fused-ring (bicyclic) bond motifs is 1. The molecule has 7 heteroatoms. The maximum absolute atomic E-state index is 14.0. The Kier molecular flexibility index (Phi) is 7.91. The van der Waals surface area contributed by atoms with Crippen molar-refractivity contribution in [2.75, 3.05) is 18.4 Å². The fourth-order valence-electron chi connectivity index (χ4n) is 5.29. The molecule has 7 nitrogen and oxygen atoms in total. The first-order valence-corrected chi connectivity index (χ1v) is 13.7. The molecule has 1 atom stereocenters. The molecule has 2 heterocycles. The highest BCUT2D eigenvalue weighted by molar-refractivity contribution is 5.94. The van der Waals surface area contributed by atoms with Gasteiger partial charge in [0, 0.05) is 36.7 Å². The van der Waals surface area contributed by atoms with E-state index in [0.29, 0.717) is 18.8 Å². The van der Waals surface area contributed by atoms with Crippen LogP contribution in [-0.4, -0.2) is 45.4 Å². The minimum absolute atomic E-state index is 0.0220. The Morgan fingerprint density at radius 1 is 0.900 bits per heavy atom. The van der Waals surface area contributed by atoms with E-state index in [9.17, 15) is 9.59 Å². The van der Waals surface area contributed by atoms with Crippen molar-refractivity contribution < 1.29 is 14.3 Å². The molecular weight excluding hydrogens is 500 g/mol. The predicted octanol–water partition coefficient (Wildman–Crippen LogP) is 6.77. The van der Waals surface area contributed by atoms with E-state index >= 15 is 0 Å². The largest absolute Gasteiger partial charge is 0.457 e. The van der Waals surface area contributed by atoms with Gasteiger partial charge < -0.3 is 24.4 Å². The van der Waals surface area contributed by atoms with E-state index in [-0.39, 0.29) is 30.6 Å². The average molecular weight is 537 g/mol. The first-order valence-electron chi connectivity index (χ1n) is 13.7. The van der Waals surface area contributed by atoms with Gasteiger partial charge in [-0.3, -0.25) is 4.79 Å². The molecule has 3 aromatic carbocycles. The number of benzene rings is 3. The molecule has 0 aliphatic carbocycles. The summed E-state index contributed by atoms with van der Waals surface area (Å²) in [6.07, 6.45) is 2.05. The maximum atomic E-state index is 14.0. The number of urea groups is 1. The number of aryl methyl sites for hydroxylation is 2. The number of nitrogens with zero attached hydrogens (tertiary/aromatic N) is 3. The third kappa shape index (κ3) is 5.73. The van der Waals surface area contributed by atoms with Gasteiger partial charge >= 0.3 is 6.03 Å². The van der Waals surface area contributed by atoms with Crippen LogP contribution in [0.5, 0.6) is 11.5 Å². The van der Waals surface area contributed by atoms with Crippen LogP contribution in [0.15, 0.2) is 91.1 Å². The molecule has 0 spiro atoms. The van der Waals surface area contributed by atoms with Gasteiger partial charge in [-0.2, -0.15) is 0 Å². The third-order valence-corrected chi connectivity index (χ3v) is 7.41. The molecule has 3 amide bonds. The fraction of sp³-hybridized carbons (Fsp3) is 0.273. The molecule has 0 radical (unpaired) electrons. The van der Waals surface area contributed by atoms with E-state index < -0.39 is 0 Å². The monoisotopic (exact) mass is 536 g/mol. The standard InChI is InChI=1S/C33H36N4O3/c1-23(2)37(33(39)34-31-24(3)11-8-12-25(31)4)22-30(38)36-20-19-35-18-10-17-29(35)32(36)26-13-9-16-28(21-26)40-27-14-6-5-7-15-27/h5-18,21,23,32H,19-20,22H2,1-4H3,(H,34,39). The second kappa shape index (κ2) is 11.7. The molecule has 1 aliphatic heterocycles. The summed E-state index contributed by atoms with van der Waals surface area (Å²) in [5.74, 6) is 1.36. The quantitative estimate of drug-likeness (QED) is 0.283. The number of ether oxygens (including phenoxy) is 1. The normalized spacial score (nSPS) is 14.5. The molecule has 1 aliphatic rings. The first kappa shape index (κ1) is 27.1. The lowest BCUT2D eigenvalue weighted by molar-refractivity contribution is -0.134. The summed E-state index contributed by atoms with van der Waals surface area (Å²) in [6.45, 7) is 9.01. The number of carbonyl (C=O) groups is 2. The van der Waals surface area contributed by atoms with Crippen molar-refractivity contribution in [2.24, 2.45) is 0 Å². The van der Waals surface area contributed by atoms with Crippen molar-refractivity contribution in [3.63, 3.8) is 0 Å². The van der Waals surface area contributed by atoms with E-state index in [0.717, 1.165) is 33.8 Å². The van der Waals surface area contributed by atoms with Crippen LogP contribution in [-0.2, 0) is 11.3 Å². The minimum atomic E-state index is -0.300. The number of para-hydroxylation sites is 2. The Morgan fingerprint density at radius 2 is 1.60 bits per heavy atom. The second-order valence-electron chi connectivity index (χ2n) is 10.5. The Balaban J connectivity index is 1.40. The number of rotatable bonds is 7. The van der Waals surface area contributed by atoms with Crippen molar-refractivity contribution in [3.05, 3.63) is 114 Å². The van der Waals surface area contributed by atoms with Gasteiger partial charge in [0.15, 0.2) is 0 Å². The summed E-state index contributed by atoms with van der Waals surface area (Å²) in [5.41, 5.74) is 4.75. The Bertz CT molecular complexity index is 1470. The number of hydrogen-bond acceptors (Lipinski definition) is 3. The molecule has 1 aromatic heterocycles.